The fourth-order valence-corrected chi connectivity index (χ4v) is 0.964. The number of ether oxygens (including phenoxy) is 1. The minimum absolute atomic E-state index is 0.0129. The molecule has 0 aliphatic carbocycles. The van der Waals surface area contributed by atoms with Crippen LogP contribution in [-0.2, 0) is 14.3 Å². The lowest BCUT2D eigenvalue weighted by molar-refractivity contribution is -0.148. The summed E-state index contributed by atoms with van der Waals surface area (Å²) in [4.78, 5) is 23.9. The topological polar surface area (TPSA) is 174 Å². The average molecular weight is 292 g/mol. The number of hydrogen-bond acceptors (Lipinski definition) is 5. The molecule has 0 saturated carbocycles. The molecule has 20 heavy (non-hydrogen) atoms. The van der Waals surface area contributed by atoms with Gasteiger partial charge in [0.15, 0.2) is 12.1 Å². The number of guanidine groups is 1. The minimum Gasteiger partial charge on any atom is -0.480 e. The van der Waals surface area contributed by atoms with Gasteiger partial charge in [-0.3, -0.25) is 9.79 Å². The van der Waals surface area contributed by atoms with Crippen LogP contribution in [0.1, 0.15) is 26.7 Å². The van der Waals surface area contributed by atoms with Crippen molar-refractivity contribution in [3.05, 3.63) is 0 Å². The van der Waals surface area contributed by atoms with Crippen molar-refractivity contribution in [2.24, 2.45) is 22.2 Å². The van der Waals surface area contributed by atoms with E-state index in [0.29, 0.717) is 26.0 Å². The van der Waals surface area contributed by atoms with Crippen LogP contribution in [0, 0.1) is 0 Å². The third kappa shape index (κ3) is 14.2. The summed E-state index contributed by atoms with van der Waals surface area (Å²) in [6.45, 7) is 4.14. The van der Waals surface area contributed by atoms with Gasteiger partial charge in [0.25, 0.3) is 0 Å². The largest absolute Gasteiger partial charge is 0.480 e. The maximum Gasteiger partial charge on any atom is 0.332 e. The van der Waals surface area contributed by atoms with Gasteiger partial charge in [0, 0.05) is 13.2 Å². The zero-order valence-electron chi connectivity index (χ0n) is 11.8. The molecule has 0 fully saturated rings. The van der Waals surface area contributed by atoms with Crippen molar-refractivity contribution in [1.29, 1.82) is 0 Å². The molecule has 8 N–H and O–H groups in total. The molecule has 0 saturated heterocycles. The molecular weight excluding hydrogens is 268 g/mol. The van der Waals surface area contributed by atoms with E-state index in [4.69, 9.17) is 32.2 Å². The smallest absolute Gasteiger partial charge is 0.332 e. The van der Waals surface area contributed by atoms with Gasteiger partial charge in [-0.05, 0) is 26.7 Å². The molecule has 9 heteroatoms. The first-order chi connectivity index (χ1) is 9.22. The minimum atomic E-state index is -1.00. The standard InChI is InChI=1S/C6H14N4O2.C5H10O3/c7-4(5(11)12)2-1-3-10-6(8)9;1-3-8-4(2)5(6)7/h4H,1-3,7H2,(H,11,12)(H4,8,9,10);4H,3H2,1-2H3,(H,6,7). The van der Waals surface area contributed by atoms with Crippen LogP contribution >= 0.6 is 0 Å². The van der Waals surface area contributed by atoms with Gasteiger partial charge >= 0.3 is 11.9 Å². The van der Waals surface area contributed by atoms with Crippen molar-refractivity contribution in [3.8, 4) is 0 Å². The number of hydrogen-bond donors (Lipinski definition) is 5. The molecule has 118 valence electrons. The molecule has 9 nitrogen and oxygen atoms in total. The van der Waals surface area contributed by atoms with E-state index in [9.17, 15) is 9.59 Å². The van der Waals surface area contributed by atoms with E-state index in [2.05, 4.69) is 4.99 Å². The van der Waals surface area contributed by atoms with E-state index in [1.807, 2.05) is 0 Å². The summed E-state index contributed by atoms with van der Waals surface area (Å²) in [6.07, 6.45) is 0.289. The van der Waals surface area contributed by atoms with Gasteiger partial charge in [0.05, 0.1) is 0 Å². The highest BCUT2D eigenvalue weighted by Gasteiger charge is 2.09. The molecular formula is C11H24N4O5. The van der Waals surface area contributed by atoms with Crippen molar-refractivity contribution in [1.82, 2.24) is 0 Å². The lowest BCUT2D eigenvalue weighted by atomic mass is 10.2. The average Bonchev–Trinajstić information content (AvgIpc) is 2.34. The van der Waals surface area contributed by atoms with Crippen LogP contribution < -0.4 is 17.2 Å². The second-order valence-corrected chi connectivity index (χ2v) is 3.83. The Labute approximate surface area is 117 Å². The third-order valence-corrected chi connectivity index (χ3v) is 2.05. The van der Waals surface area contributed by atoms with E-state index in [-0.39, 0.29) is 5.96 Å². The highest BCUT2D eigenvalue weighted by molar-refractivity contribution is 5.75. The summed E-state index contributed by atoms with van der Waals surface area (Å²) >= 11 is 0. The van der Waals surface area contributed by atoms with Crippen LogP contribution in [0.3, 0.4) is 0 Å². The number of aliphatic imine (C=N–C) groups is 1. The highest BCUT2D eigenvalue weighted by Crippen LogP contribution is 1.94. The van der Waals surface area contributed by atoms with Crippen LogP contribution in [0.15, 0.2) is 4.99 Å². The first-order valence-electron chi connectivity index (χ1n) is 6.10. The van der Waals surface area contributed by atoms with E-state index in [1.165, 1.54) is 6.92 Å². The molecule has 0 aromatic rings. The number of nitrogens with zero attached hydrogens (tertiary/aromatic N) is 1. The van der Waals surface area contributed by atoms with Crippen molar-refractivity contribution >= 4 is 17.9 Å². The summed E-state index contributed by atoms with van der Waals surface area (Å²) in [7, 11) is 0. The van der Waals surface area contributed by atoms with Gasteiger partial charge in [-0.15, -0.1) is 0 Å². The maximum atomic E-state index is 10.2. The Balaban J connectivity index is 0. The van der Waals surface area contributed by atoms with Crippen LogP contribution in [0.4, 0.5) is 0 Å². The third-order valence-electron chi connectivity index (χ3n) is 2.05. The number of carboxylic acids is 2. The van der Waals surface area contributed by atoms with E-state index in [1.54, 1.807) is 6.92 Å². The van der Waals surface area contributed by atoms with Gasteiger partial charge in [-0.25, -0.2) is 4.79 Å². The van der Waals surface area contributed by atoms with Crippen molar-refractivity contribution in [2.45, 2.75) is 38.8 Å². The maximum absolute atomic E-state index is 10.2. The monoisotopic (exact) mass is 292 g/mol. The Morgan fingerprint density at radius 3 is 2.10 bits per heavy atom. The second kappa shape index (κ2) is 12.2. The summed E-state index contributed by atoms with van der Waals surface area (Å²) in [6, 6.07) is -0.820. The van der Waals surface area contributed by atoms with Crippen LogP contribution in [0.25, 0.3) is 0 Å². The fourth-order valence-electron chi connectivity index (χ4n) is 0.964. The molecule has 0 aliphatic heterocycles. The Morgan fingerprint density at radius 2 is 1.80 bits per heavy atom. The normalized spacial score (nSPS) is 12.6. The first-order valence-corrected chi connectivity index (χ1v) is 6.10. The van der Waals surface area contributed by atoms with Crippen molar-refractivity contribution < 1.29 is 24.5 Å². The molecule has 0 radical (unpaired) electrons. The molecule has 0 aromatic carbocycles. The first kappa shape index (κ1) is 20.4. The van der Waals surface area contributed by atoms with Crippen LogP contribution in [-0.4, -0.2) is 53.4 Å². The Morgan fingerprint density at radius 1 is 1.25 bits per heavy atom. The van der Waals surface area contributed by atoms with Gasteiger partial charge in [-0.1, -0.05) is 0 Å². The number of carbonyl (C=O) groups is 2. The lowest BCUT2D eigenvalue weighted by Crippen LogP contribution is -2.30. The summed E-state index contributed by atoms with van der Waals surface area (Å²) in [5, 5.41) is 16.6. The van der Waals surface area contributed by atoms with Gasteiger partial charge in [0.1, 0.15) is 6.04 Å². The number of nitrogens with two attached hydrogens (primary N) is 3. The summed E-state index contributed by atoms with van der Waals surface area (Å²) < 4.78 is 4.70. The van der Waals surface area contributed by atoms with E-state index in [0.717, 1.165) is 0 Å². The molecule has 0 bridgehead atoms. The van der Waals surface area contributed by atoms with Gasteiger partial charge < -0.3 is 32.2 Å². The predicted octanol–water partition coefficient (Wildman–Crippen LogP) is -1.05. The fraction of sp³-hybridized carbons (Fsp3) is 0.727. The summed E-state index contributed by atoms with van der Waals surface area (Å²) in [5.74, 6) is -1.90. The predicted molar refractivity (Wildman–Crippen MR) is 74.2 cm³/mol. The molecule has 0 spiro atoms. The highest BCUT2D eigenvalue weighted by atomic mass is 16.5. The quantitative estimate of drug-likeness (QED) is 0.214. The SMILES string of the molecule is CCOC(C)C(=O)O.NC(N)=NCCCC(N)C(=O)O. The molecule has 0 aliphatic rings. The molecule has 0 aromatic heterocycles. The molecule has 2 atom stereocenters. The molecule has 0 heterocycles. The molecule has 0 rings (SSSR count). The van der Waals surface area contributed by atoms with Crippen molar-refractivity contribution in [3.63, 3.8) is 0 Å². The lowest BCUT2D eigenvalue weighted by Gasteiger charge is -2.03. The molecule has 2 unspecified atom stereocenters. The van der Waals surface area contributed by atoms with E-state index < -0.39 is 24.1 Å². The van der Waals surface area contributed by atoms with Gasteiger partial charge in [-0.2, -0.15) is 0 Å². The van der Waals surface area contributed by atoms with E-state index >= 15 is 0 Å². The Bertz CT molecular complexity index is 318. The Hall–Kier alpha value is -1.87. The van der Waals surface area contributed by atoms with Gasteiger partial charge in [0.2, 0.25) is 0 Å². The summed E-state index contributed by atoms with van der Waals surface area (Å²) in [5.41, 5.74) is 15.3. The molecule has 0 amide bonds. The Kier molecular flexibility index (Phi) is 12.5. The second-order valence-electron chi connectivity index (χ2n) is 3.83. The van der Waals surface area contributed by atoms with Crippen molar-refractivity contribution in [2.75, 3.05) is 13.2 Å². The number of rotatable bonds is 8. The van der Waals surface area contributed by atoms with Crippen LogP contribution in [0.2, 0.25) is 0 Å². The zero-order valence-corrected chi connectivity index (χ0v) is 11.8. The number of carboxylic acid groups (broad SMARTS) is 2. The zero-order chi connectivity index (χ0) is 16.1. The van der Waals surface area contributed by atoms with Crippen LogP contribution in [0.5, 0.6) is 0 Å². The number of aliphatic carboxylic acids is 2.